The minimum absolute atomic E-state index is 0.144. The summed E-state index contributed by atoms with van der Waals surface area (Å²) < 4.78 is 0. The molecule has 110 valence electrons. The van der Waals surface area contributed by atoms with E-state index in [-0.39, 0.29) is 5.92 Å². The number of carbonyl (C=O) groups excluding carboxylic acids is 1. The lowest BCUT2D eigenvalue weighted by Gasteiger charge is -2.36. The van der Waals surface area contributed by atoms with Crippen LogP contribution in [0.4, 0.5) is 5.13 Å². The second-order valence-corrected chi connectivity index (χ2v) is 6.93. The molecule has 1 atom stereocenters. The van der Waals surface area contributed by atoms with Gasteiger partial charge in [-0.1, -0.05) is 11.3 Å². The number of aryl methyl sites for hydroxylation is 1. The summed E-state index contributed by atoms with van der Waals surface area (Å²) in [7, 11) is 0. The average molecular weight is 294 g/mol. The molecule has 0 spiro atoms. The number of hydrogen-bond acceptors (Lipinski definition) is 5. The molecule has 2 aliphatic heterocycles. The zero-order valence-electron chi connectivity index (χ0n) is 12.0. The van der Waals surface area contributed by atoms with Crippen LogP contribution >= 0.6 is 11.3 Å². The number of amides is 1. The van der Waals surface area contributed by atoms with Crippen molar-refractivity contribution in [1.82, 2.24) is 15.1 Å². The molecule has 0 N–H and O–H groups in total. The van der Waals surface area contributed by atoms with Crippen LogP contribution in [-0.2, 0) is 4.79 Å². The summed E-state index contributed by atoms with van der Waals surface area (Å²) in [5.74, 6) is 0.502. The van der Waals surface area contributed by atoms with Crippen molar-refractivity contribution in [3.8, 4) is 0 Å². The predicted molar refractivity (Wildman–Crippen MR) is 80.0 cm³/mol. The molecule has 3 rings (SSSR count). The molecule has 20 heavy (non-hydrogen) atoms. The van der Waals surface area contributed by atoms with Gasteiger partial charge in [0.2, 0.25) is 11.0 Å². The second-order valence-electron chi connectivity index (χ2n) is 5.77. The summed E-state index contributed by atoms with van der Waals surface area (Å²) in [6.07, 6.45) is 5.69. The monoisotopic (exact) mass is 294 g/mol. The van der Waals surface area contributed by atoms with Crippen molar-refractivity contribution in [3.63, 3.8) is 0 Å². The third kappa shape index (κ3) is 2.95. The smallest absolute Gasteiger partial charge is 0.227 e. The van der Waals surface area contributed by atoms with Gasteiger partial charge >= 0.3 is 0 Å². The van der Waals surface area contributed by atoms with Gasteiger partial charge in [-0.2, -0.15) is 0 Å². The van der Waals surface area contributed by atoms with Gasteiger partial charge in [0.25, 0.3) is 0 Å². The zero-order valence-corrected chi connectivity index (χ0v) is 12.9. The number of likely N-dealkylation sites (tertiary alicyclic amines) is 1. The Morgan fingerprint density at radius 3 is 2.65 bits per heavy atom. The minimum atomic E-state index is 0.144. The van der Waals surface area contributed by atoms with Crippen LogP contribution in [0.1, 0.15) is 37.1 Å². The maximum absolute atomic E-state index is 12.6. The van der Waals surface area contributed by atoms with Crippen molar-refractivity contribution < 1.29 is 4.79 Å². The number of anilines is 1. The molecule has 2 saturated heterocycles. The highest BCUT2D eigenvalue weighted by atomic mass is 32.1. The van der Waals surface area contributed by atoms with Crippen LogP contribution in [0.5, 0.6) is 0 Å². The molecule has 2 fully saturated rings. The van der Waals surface area contributed by atoms with Gasteiger partial charge in [-0.3, -0.25) is 4.79 Å². The van der Waals surface area contributed by atoms with E-state index >= 15 is 0 Å². The number of rotatable bonds is 2. The molecular formula is C14H22N4OS. The number of piperidine rings is 2. The van der Waals surface area contributed by atoms with Gasteiger partial charge in [-0.25, -0.2) is 0 Å². The molecule has 1 aromatic rings. The molecule has 0 bridgehead atoms. The Morgan fingerprint density at radius 1 is 1.15 bits per heavy atom. The standard InChI is InChI=1S/C14H22N4OS/c1-11-15-16-14(20-11)18-9-5-6-12(10-18)13(19)17-7-3-2-4-8-17/h12H,2-10H2,1H3. The predicted octanol–water partition coefficient (Wildman–Crippen LogP) is 2.08. The molecule has 0 radical (unpaired) electrons. The van der Waals surface area contributed by atoms with Gasteiger partial charge in [0.1, 0.15) is 5.01 Å². The van der Waals surface area contributed by atoms with E-state index in [9.17, 15) is 4.79 Å². The van der Waals surface area contributed by atoms with E-state index in [2.05, 4.69) is 20.0 Å². The fraction of sp³-hybridized carbons (Fsp3) is 0.786. The molecule has 0 aliphatic carbocycles. The first-order valence-corrected chi connectivity index (χ1v) is 8.39. The fourth-order valence-electron chi connectivity index (χ4n) is 3.14. The lowest BCUT2D eigenvalue weighted by Crippen LogP contribution is -2.46. The maximum Gasteiger partial charge on any atom is 0.227 e. The van der Waals surface area contributed by atoms with Crippen LogP contribution in [0.3, 0.4) is 0 Å². The third-order valence-electron chi connectivity index (χ3n) is 4.22. The molecule has 1 unspecified atom stereocenters. The largest absolute Gasteiger partial charge is 0.346 e. The van der Waals surface area contributed by atoms with Crippen LogP contribution < -0.4 is 4.90 Å². The number of aromatic nitrogens is 2. The van der Waals surface area contributed by atoms with Crippen LogP contribution in [0.15, 0.2) is 0 Å². The minimum Gasteiger partial charge on any atom is -0.346 e. The zero-order chi connectivity index (χ0) is 13.9. The second kappa shape index (κ2) is 6.08. The number of carbonyl (C=O) groups is 1. The molecule has 1 aromatic heterocycles. The Morgan fingerprint density at radius 2 is 1.95 bits per heavy atom. The molecular weight excluding hydrogens is 272 g/mol. The van der Waals surface area contributed by atoms with Crippen molar-refractivity contribution in [2.75, 3.05) is 31.1 Å². The lowest BCUT2D eigenvalue weighted by molar-refractivity contribution is -0.136. The van der Waals surface area contributed by atoms with Gasteiger partial charge in [-0.15, -0.1) is 10.2 Å². The Balaban J connectivity index is 1.63. The summed E-state index contributed by atoms with van der Waals surface area (Å²) in [5, 5.41) is 10.3. The third-order valence-corrected chi connectivity index (χ3v) is 5.12. The number of hydrogen-bond donors (Lipinski definition) is 0. The Bertz CT molecular complexity index is 469. The molecule has 6 heteroatoms. The summed E-state index contributed by atoms with van der Waals surface area (Å²) in [5.41, 5.74) is 0. The lowest BCUT2D eigenvalue weighted by atomic mass is 9.96. The van der Waals surface area contributed by atoms with Crippen LogP contribution in [0.25, 0.3) is 0 Å². The topological polar surface area (TPSA) is 49.3 Å². The molecule has 2 aliphatic rings. The average Bonchev–Trinajstić information content (AvgIpc) is 2.94. The summed E-state index contributed by atoms with van der Waals surface area (Å²) in [6.45, 7) is 5.68. The van der Waals surface area contributed by atoms with Gasteiger partial charge in [0, 0.05) is 26.2 Å². The van der Waals surface area contributed by atoms with E-state index in [0.29, 0.717) is 5.91 Å². The van der Waals surface area contributed by atoms with Crippen molar-refractivity contribution in [2.24, 2.45) is 5.92 Å². The van der Waals surface area contributed by atoms with E-state index in [4.69, 9.17) is 0 Å². The molecule has 3 heterocycles. The summed E-state index contributed by atoms with van der Waals surface area (Å²) in [6, 6.07) is 0. The Labute approximate surface area is 124 Å². The quantitative estimate of drug-likeness (QED) is 0.838. The van der Waals surface area contributed by atoms with Crippen LogP contribution in [0, 0.1) is 12.8 Å². The van der Waals surface area contributed by atoms with Crippen molar-refractivity contribution in [1.29, 1.82) is 0 Å². The van der Waals surface area contributed by atoms with Gasteiger partial charge < -0.3 is 9.80 Å². The molecule has 0 aromatic carbocycles. The highest BCUT2D eigenvalue weighted by Crippen LogP contribution is 2.27. The van der Waals surface area contributed by atoms with Gasteiger partial charge in [-0.05, 0) is 39.0 Å². The normalized spacial score (nSPS) is 23.9. The van der Waals surface area contributed by atoms with Gasteiger partial charge in [0.05, 0.1) is 5.92 Å². The molecule has 0 saturated carbocycles. The Kier molecular flexibility index (Phi) is 4.19. The highest BCUT2D eigenvalue weighted by molar-refractivity contribution is 7.15. The van der Waals surface area contributed by atoms with Crippen LogP contribution in [-0.4, -0.2) is 47.2 Å². The molecule has 5 nitrogen and oxygen atoms in total. The first-order valence-electron chi connectivity index (χ1n) is 7.58. The van der Waals surface area contributed by atoms with Gasteiger partial charge in [0.15, 0.2) is 0 Å². The number of nitrogens with zero attached hydrogens (tertiary/aromatic N) is 4. The van der Waals surface area contributed by atoms with E-state index < -0.39 is 0 Å². The van der Waals surface area contributed by atoms with Crippen molar-refractivity contribution in [2.45, 2.75) is 39.0 Å². The Hall–Kier alpha value is -1.17. The van der Waals surface area contributed by atoms with E-state index in [1.54, 1.807) is 11.3 Å². The first-order chi connectivity index (χ1) is 9.74. The van der Waals surface area contributed by atoms with E-state index in [1.165, 1.54) is 6.42 Å². The van der Waals surface area contributed by atoms with Crippen molar-refractivity contribution in [3.05, 3.63) is 5.01 Å². The maximum atomic E-state index is 12.6. The highest BCUT2D eigenvalue weighted by Gasteiger charge is 2.30. The SMILES string of the molecule is Cc1nnc(N2CCCC(C(=O)N3CCCCC3)C2)s1. The first kappa shape index (κ1) is 13.8. The van der Waals surface area contributed by atoms with Crippen molar-refractivity contribution >= 4 is 22.4 Å². The summed E-state index contributed by atoms with van der Waals surface area (Å²) in [4.78, 5) is 16.9. The summed E-state index contributed by atoms with van der Waals surface area (Å²) >= 11 is 1.62. The van der Waals surface area contributed by atoms with E-state index in [1.807, 2.05) is 6.92 Å². The fourth-order valence-corrected chi connectivity index (χ4v) is 3.86. The van der Waals surface area contributed by atoms with E-state index in [0.717, 1.165) is 62.0 Å². The van der Waals surface area contributed by atoms with Crippen LogP contribution in [0.2, 0.25) is 0 Å². The molecule has 1 amide bonds.